The van der Waals surface area contributed by atoms with Crippen LogP contribution in [0, 0.1) is 0 Å². The molecule has 70 valence electrons. The maximum absolute atomic E-state index is 10.4. The van der Waals surface area contributed by atoms with E-state index >= 15 is 0 Å². The number of furan rings is 1. The van der Waals surface area contributed by atoms with Gasteiger partial charge in [-0.1, -0.05) is 6.08 Å². The second-order valence-corrected chi connectivity index (χ2v) is 2.64. The van der Waals surface area contributed by atoms with Crippen LogP contribution in [0.3, 0.4) is 0 Å². The van der Waals surface area contributed by atoms with Crippen molar-refractivity contribution in [2.75, 3.05) is 0 Å². The molecule has 0 saturated heterocycles. The van der Waals surface area contributed by atoms with Gasteiger partial charge in [-0.25, -0.2) is 4.79 Å². The summed E-state index contributed by atoms with van der Waals surface area (Å²) in [5.41, 5.74) is 5.66. The Balaban J connectivity index is 2.78. The van der Waals surface area contributed by atoms with E-state index in [1.165, 1.54) is 6.07 Å². The maximum atomic E-state index is 10.4. The highest BCUT2D eigenvalue weighted by molar-refractivity contribution is 5.84. The van der Waals surface area contributed by atoms with E-state index in [2.05, 4.69) is 6.58 Å². The molecule has 0 spiro atoms. The standard InChI is InChI=1S/C9H11NO3/c1-2-3-6(10)7-4-5-8(13-7)9(11)12/h2,4-6H,1,3,10H2,(H,11,12). The molecule has 0 saturated carbocycles. The first-order valence-corrected chi connectivity index (χ1v) is 3.84. The van der Waals surface area contributed by atoms with Gasteiger partial charge < -0.3 is 15.3 Å². The largest absolute Gasteiger partial charge is 0.475 e. The number of carbonyl (C=O) groups is 1. The molecule has 13 heavy (non-hydrogen) atoms. The Labute approximate surface area is 75.7 Å². The Kier molecular flexibility index (Phi) is 2.87. The summed E-state index contributed by atoms with van der Waals surface area (Å²) in [6.07, 6.45) is 2.22. The van der Waals surface area contributed by atoms with E-state index in [1.807, 2.05) is 0 Å². The second kappa shape index (κ2) is 3.91. The molecule has 1 atom stereocenters. The lowest BCUT2D eigenvalue weighted by molar-refractivity contribution is 0.0659. The third-order valence-corrected chi connectivity index (χ3v) is 1.62. The van der Waals surface area contributed by atoms with Gasteiger partial charge in [0.15, 0.2) is 0 Å². The van der Waals surface area contributed by atoms with Crippen molar-refractivity contribution in [3.63, 3.8) is 0 Å². The molecule has 4 heteroatoms. The van der Waals surface area contributed by atoms with Crippen molar-refractivity contribution in [2.24, 2.45) is 5.73 Å². The average Bonchev–Trinajstić information content (AvgIpc) is 2.52. The molecule has 1 aromatic heterocycles. The topological polar surface area (TPSA) is 76.5 Å². The number of hydrogen-bond donors (Lipinski definition) is 2. The van der Waals surface area contributed by atoms with E-state index < -0.39 is 5.97 Å². The average molecular weight is 181 g/mol. The minimum Gasteiger partial charge on any atom is -0.475 e. The first kappa shape index (κ1) is 9.54. The molecule has 3 N–H and O–H groups in total. The van der Waals surface area contributed by atoms with E-state index in [9.17, 15) is 4.79 Å². The predicted molar refractivity (Wildman–Crippen MR) is 47.4 cm³/mol. The summed E-state index contributed by atoms with van der Waals surface area (Å²) in [5, 5.41) is 8.56. The van der Waals surface area contributed by atoms with Gasteiger partial charge in [-0.3, -0.25) is 0 Å². The smallest absolute Gasteiger partial charge is 0.371 e. The summed E-state index contributed by atoms with van der Waals surface area (Å²) < 4.78 is 4.99. The summed E-state index contributed by atoms with van der Waals surface area (Å²) in [5.74, 6) is -0.705. The predicted octanol–water partition coefficient (Wildman–Crippen LogP) is 1.55. The van der Waals surface area contributed by atoms with Crippen LogP contribution in [0.5, 0.6) is 0 Å². The first-order chi connectivity index (χ1) is 6.15. The highest BCUT2D eigenvalue weighted by Crippen LogP contribution is 2.17. The highest BCUT2D eigenvalue weighted by atomic mass is 16.4. The van der Waals surface area contributed by atoms with Crippen LogP contribution in [-0.2, 0) is 0 Å². The van der Waals surface area contributed by atoms with Gasteiger partial charge in [-0.05, 0) is 18.6 Å². The third kappa shape index (κ3) is 2.19. The van der Waals surface area contributed by atoms with Gasteiger partial charge in [0.25, 0.3) is 0 Å². The Hall–Kier alpha value is -1.55. The van der Waals surface area contributed by atoms with Gasteiger partial charge in [0.05, 0.1) is 6.04 Å². The molecular weight excluding hydrogens is 170 g/mol. The molecule has 0 aliphatic heterocycles. The fourth-order valence-electron chi connectivity index (χ4n) is 0.963. The maximum Gasteiger partial charge on any atom is 0.371 e. The molecule has 0 aliphatic rings. The molecule has 0 amide bonds. The van der Waals surface area contributed by atoms with Crippen LogP contribution in [-0.4, -0.2) is 11.1 Å². The zero-order chi connectivity index (χ0) is 9.84. The zero-order valence-electron chi connectivity index (χ0n) is 7.06. The number of aromatic carboxylic acids is 1. The molecule has 0 fully saturated rings. The molecule has 0 aliphatic carbocycles. The number of carboxylic acids is 1. The number of rotatable bonds is 4. The zero-order valence-corrected chi connectivity index (χ0v) is 7.06. The molecule has 0 aromatic carbocycles. The van der Waals surface area contributed by atoms with Crippen molar-refractivity contribution in [1.29, 1.82) is 0 Å². The van der Waals surface area contributed by atoms with Crippen molar-refractivity contribution < 1.29 is 14.3 Å². The Bertz CT molecular complexity index is 316. The van der Waals surface area contributed by atoms with Crippen LogP contribution in [0.2, 0.25) is 0 Å². The third-order valence-electron chi connectivity index (χ3n) is 1.62. The summed E-state index contributed by atoms with van der Waals surface area (Å²) in [6, 6.07) is 2.64. The van der Waals surface area contributed by atoms with E-state index in [0.717, 1.165) is 0 Å². The van der Waals surface area contributed by atoms with Crippen LogP contribution < -0.4 is 5.73 Å². The van der Waals surface area contributed by atoms with Crippen molar-refractivity contribution >= 4 is 5.97 Å². The van der Waals surface area contributed by atoms with Crippen LogP contribution >= 0.6 is 0 Å². The van der Waals surface area contributed by atoms with Gasteiger partial charge in [-0.15, -0.1) is 6.58 Å². The van der Waals surface area contributed by atoms with Crippen LogP contribution in [0.15, 0.2) is 29.2 Å². The Morgan fingerprint density at radius 1 is 1.77 bits per heavy atom. The van der Waals surface area contributed by atoms with Gasteiger partial charge in [0, 0.05) is 0 Å². The molecule has 1 unspecified atom stereocenters. The first-order valence-electron chi connectivity index (χ1n) is 3.84. The molecule has 1 heterocycles. The molecule has 0 radical (unpaired) electrons. The molecular formula is C9H11NO3. The number of nitrogens with two attached hydrogens (primary N) is 1. The van der Waals surface area contributed by atoms with E-state index in [0.29, 0.717) is 12.2 Å². The SMILES string of the molecule is C=CCC(N)c1ccc(C(=O)O)o1. The molecule has 1 rings (SSSR count). The normalized spacial score (nSPS) is 12.4. The highest BCUT2D eigenvalue weighted by Gasteiger charge is 2.12. The van der Waals surface area contributed by atoms with Crippen LogP contribution in [0.25, 0.3) is 0 Å². The number of carboxylic acid groups (broad SMARTS) is 1. The lowest BCUT2D eigenvalue weighted by atomic mass is 10.2. The Morgan fingerprint density at radius 2 is 2.46 bits per heavy atom. The van der Waals surface area contributed by atoms with Gasteiger partial charge in [0.2, 0.25) is 5.76 Å². The van der Waals surface area contributed by atoms with Crippen molar-refractivity contribution in [1.82, 2.24) is 0 Å². The summed E-state index contributed by atoms with van der Waals surface area (Å²) in [6.45, 7) is 3.53. The minimum atomic E-state index is -1.09. The van der Waals surface area contributed by atoms with E-state index in [-0.39, 0.29) is 11.8 Å². The quantitative estimate of drug-likeness (QED) is 0.691. The molecule has 0 bridgehead atoms. The fourth-order valence-corrected chi connectivity index (χ4v) is 0.963. The van der Waals surface area contributed by atoms with Crippen molar-refractivity contribution in [3.8, 4) is 0 Å². The molecule has 1 aromatic rings. The van der Waals surface area contributed by atoms with Gasteiger partial charge in [-0.2, -0.15) is 0 Å². The lowest BCUT2D eigenvalue weighted by Crippen LogP contribution is -2.07. The summed E-state index contributed by atoms with van der Waals surface area (Å²) >= 11 is 0. The van der Waals surface area contributed by atoms with Crippen molar-refractivity contribution in [3.05, 3.63) is 36.3 Å². The van der Waals surface area contributed by atoms with Crippen LogP contribution in [0.1, 0.15) is 28.8 Å². The van der Waals surface area contributed by atoms with Crippen molar-refractivity contribution in [2.45, 2.75) is 12.5 Å². The van der Waals surface area contributed by atoms with E-state index in [1.54, 1.807) is 12.1 Å². The van der Waals surface area contributed by atoms with Gasteiger partial charge in [0.1, 0.15) is 5.76 Å². The summed E-state index contributed by atoms with van der Waals surface area (Å²) in [4.78, 5) is 10.4. The monoisotopic (exact) mass is 181 g/mol. The minimum absolute atomic E-state index is 0.0884. The van der Waals surface area contributed by atoms with E-state index in [4.69, 9.17) is 15.3 Å². The van der Waals surface area contributed by atoms with Crippen LogP contribution in [0.4, 0.5) is 0 Å². The Morgan fingerprint density at radius 3 is 2.92 bits per heavy atom. The molecule has 4 nitrogen and oxygen atoms in total. The fraction of sp³-hybridized carbons (Fsp3) is 0.222. The number of hydrogen-bond acceptors (Lipinski definition) is 3. The van der Waals surface area contributed by atoms with Gasteiger partial charge >= 0.3 is 5.97 Å². The second-order valence-electron chi connectivity index (χ2n) is 2.64. The lowest BCUT2D eigenvalue weighted by Gasteiger charge is -2.03. The summed E-state index contributed by atoms with van der Waals surface area (Å²) in [7, 11) is 0.